The number of hydrogen-bond donors (Lipinski definition) is 3. The molecule has 1 atom stereocenters. The lowest BCUT2D eigenvalue weighted by molar-refractivity contribution is -0.117. The van der Waals surface area contributed by atoms with Gasteiger partial charge in [0.15, 0.2) is 0 Å². The van der Waals surface area contributed by atoms with E-state index in [1.165, 1.54) is 18.2 Å². The normalized spacial score (nSPS) is 15.5. The fraction of sp³-hybridized carbons (Fsp3) is 0.391. The standard InChI is InChI=1S/C23H28FN3O2/c1-16(18-9-11-25-12-10-18)13-22(28)26-19-7-8-20(24)21(15-19)27-23(29)14-17-5-3-2-4-6-17/h2-8,15-16,18,25H,9-14H2,1H3,(H,26,28)(H,27,29). The van der Waals surface area contributed by atoms with Crippen LogP contribution in [0.1, 0.15) is 31.7 Å². The number of carbonyl (C=O) groups excluding carboxylic acids is 2. The summed E-state index contributed by atoms with van der Waals surface area (Å²) in [5.74, 6) is -0.0968. The zero-order valence-electron chi connectivity index (χ0n) is 16.7. The second-order valence-corrected chi connectivity index (χ2v) is 7.72. The van der Waals surface area contributed by atoms with Crippen molar-refractivity contribution in [2.75, 3.05) is 23.7 Å². The molecule has 1 unspecified atom stereocenters. The monoisotopic (exact) mass is 397 g/mol. The van der Waals surface area contributed by atoms with E-state index >= 15 is 0 Å². The van der Waals surface area contributed by atoms with Crippen LogP contribution in [0.2, 0.25) is 0 Å². The molecule has 2 aromatic rings. The third-order valence-electron chi connectivity index (χ3n) is 5.43. The molecular formula is C23H28FN3O2. The summed E-state index contributed by atoms with van der Waals surface area (Å²) in [6.45, 7) is 4.11. The van der Waals surface area contributed by atoms with E-state index in [0.29, 0.717) is 23.9 Å². The highest BCUT2D eigenvalue weighted by Crippen LogP contribution is 2.25. The quantitative estimate of drug-likeness (QED) is 0.662. The first-order valence-electron chi connectivity index (χ1n) is 10.1. The number of hydrogen-bond acceptors (Lipinski definition) is 3. The Balaban J connectivity index is 1.56. The van der Waals surface area contributed by atoms with Crippen molar-refractivity contribution >= 4 is 23.2 Å². The molecule has 3 rings (SSSR count). The van der Waals surface area contributed by atoms with E-state index in [1.807, 2.05) is 30.3 Å². The van der Waals surface area contributed by atoms with Crippen LogP contribution >= 0.6 is 0 Å². The fourth-order valence-electron chi connectivity index (χ4n) is 3.76. The van der Waals surface area contributed by atoms with Gasteiger partial charge in [-0.05, 0) is 61.5 Å². The SMILES string of the molecule is CC(CC(=O)Nc1ccc(F)c(NC(=O)Cc2ccccc2)c1)C1CCNCC1. The van der Waals surface area contributed by atoms with Crippen LogP contribution in [0.4, 0.5) is 15.8 Å². The maximum atomic E-state index is 14.1. The van der Waals surface area contributed by atoms with Crippen molar-refractivity contribution in [1.82, 2.24) is 5.32 Å². The minimum Gasteiger partial charge on any atom is -0.326 e. The van der Waals surface area contributed by atoms with Crippen LogP contribution in [0.15, 0.2) is 48.5 Å². The van der Waals surface area contributed by atoms with Gasteiger partial charge in [0, 0.05) is 12.1 Å². The van der Waals surface area contributed by atoms with Crippen LogP contribution < -0.4 is 16.0 Å². The number of nitrogens with one attached hydrogen (secondary N) is 3. The van der Waals surface area contributed by atoms with Gasteiger partial charge < -0.3 is 16.0 Å². The number of piperidine rings is 1. The Labute approximate surface area is 171 Å². The number of amides is 2. The highest BCUT2D eigenvalue weighted by atomic mass is 19.1. The van der Waals surface area contributed by atoms with Crippen LogP contribution in [0.25, 0.3) is 0 Å². The predicted octanol–water partition coefficient (Wildman–Crippen LogP) is 3.97. The van der Waals surface area contributed by atoms with Gasteiger partial charge in [0.1, 0.15) is 5.82 Å². The Kier molecular flexibility index (Phi) is 7.36. The third-order valence-corrected chi connectivity index (χ3v) is 5.43. The molecular weight excluding hydrogens is 369 g/mol. The van der Waals surface area contributed by atoms with Crippen molar-refractivity contribution in [3.63, 3.8) is 0 Å². The Morgan fingerprint density at radius 1 is 1.07 bits per heavy atom. The highest BCUT2D eigenvalue weighted by Gasteiger charge is 2.22. The maximum Gasteiger partial charge on any atom is 0.228 e. The van der Waals surface area contributed by atoms with Gasteiger partial charge in [-0.2, -0.15) is 0 Å². The molecule has 29 heavy (non-hydrogen) atoms. The smallest absolute Gasteiger partial charge is 0.228 e. The first-order valence-corrected chi connectivity index (χ1v) is 10.1. The zero-order chi connectivity index (χ0) is 20.6. The summed E-state index contributed by atoms with van der Waals surface area (Å²) in [6.07, 6.45) is 2.76. The molecule has 1 heterocycles. The van der Waals surface area contributed by atoms with E-state index < -0.39 is 5.82 Å². The van der Waals surface area contributed by atoms with Crippen LogP contribution in [-0.4, -0.2) is 24.9 Å². The summed E-state index contributed by atoms with van der Waals surface area (Å²) < 4.78 is 14.1. The topological polar surface area (TPSA) is 70.2 Å². The molecule has 0 saturated carbocycles. The lowest BCUT2D eigenvalue weighted by atomic mass is 9.84. The van der Waals surface area contributed by atoms with Crippen LogP contribution in [-0.2, 0) is 16.0 Å². The molecule has 2 amide bonds. The Morgan fingerprint density at radius 2 is 1.79 bits per heavy atom. The number of benzene rings is 2. The Hall–Kier alpha value is -2.73. The van der Waals surface area contributed by atoms with Gasteiger partial charge in [-0.1, -0.05) is 37.3 Å². The molecule has 1 saturated heterocycles. The molecule has 3 N–H and O–H groups in total. The molecule has 0 aliphatic carbocycles. The van der Waals surface area contributed by atoms with Crippen LogP contribution in [0.5, 0.6) is 0 Å². The van der Waals surface area contributed by atoms with Gasteiger partial charge in [-0.15, -0.1) is 0 Å². The number of anilines is 2. The molecule has 1 aliphatic heterocycles. The summed E-state index contributed by atoms with van der Waals surface area (Å²) in [6, 6.07) is 13.5. The molecule has 1 aliphatic rings. The average molecular weight is 397 g/mol. The summed E-state index contributed by atoms with van der Waals surface area (Å²) in [5.41, 5.74) is 1.39. The molecule has 0 radical (unpaired) electrons. The van der Waals surface area contributed by atoms with Crippen LogP contribution in [0, 0.1) is 17.7 Å². The lowest BCUT2D eigenvalue weighted by Gasteiger charge is -2.27. The maximum absolute atomic E-state index is 14.1. The first kappa shape index (κ1) is 21.0. The molecule has 154 valence electrons. The van der Waals surface area contributed by atoms with Crippen LogP contribution in [0.3, 0.4) is 0 Å². The molecule has 5 nitrogen and oxygen atoms in total. The number of halogens is 1. The van der Waals surface area contributed by atoms with E-state index in [0.717, 1.165) is 31.5 Å². The van der Waals surface area contributed by atoms with Gasteiger partial charge in [0.05, 0.1) is 12.1 Å². The Morgan fingerprint density at radius 3 is 2.52 bits per heavy atom. The third kappa shape index (κ3) is 6.39. The minimum absolute atomic E-state index is 0.0649. The van der Waals surface area contributed by atoms with Gasteiger partial charge >= 0.3 is 0 Å². The van der Waals surface area contributed by atoms with Crippen molar-refractivity contribution in [3.8, 4) is 0 Å². The summed E-state index contributed by atoms with van der Waals surface area (Å²) in [5, 5.41) is 8.76. The van der Waals surface area contributed by atoms with Gasteiger partial charge in [-0.25, -0.2) is 4.39 Å². The predicted molar refractivity (Wildman–Crippen MR) is 113 cm³/mol. The first-order chi connectivity index (χ1) is 14.0. The lowest BCUT2D eigenvalue weighted by Crippen LogP contribution is -2.32. The molecule has 0 spiro atoms. The van der Waals surface area contributed by atoms with Crippen molar-refractivity contribution in [3.05, 3.63) is 59.9 Å². The highest BCUT2D eigenvalue weighted by molar-refractivity contribution is 5.95. The van der Waals surface area contributed by atoms with E-state index in [-0.39, 0.29) is 23.9 Å². The second kappa shape index (κ2) is 10.2. The van der Waals surface area contributed by atoms with Gasteiger partial charge in [0.2, 0.25) is 11.8 Å². The zero-order valence-corrected chi connectivity index (χ0v) is 16.7. The van der Waals surface area contributed by atoms with E-state index in [1.54, 1.807) is 0 Å². The summed E-state index contributed by atoms with van der Waals surface area (Å²) in [7, 11) is 0. The molecule has 6 heteroatoms. The van der Waals surface area contributed by atoms with Crippen molar-refractivity contribution in [2.45, 2.75) is 32.6 Å². The molecule has 1 fully saturated rings. The fourth-order valence-corrected chi connectivity index (χ4v) is 3.76. The summed E-state index contributed by atoms with van der Waals surface area (Å²) in [4.78, 5) is 24.6. The van der Waals surface area contributed by atoms with Gasteiger partial charge in [0.25, 0.3) is 0 Å². The Bertz CT molecular complexity index is 835. The van der Waals surface area contributed by atoms with Crippen molar-refractivity contribution in [2.24, 2.45) is 11.8 Å². The second-order valence-electron chi connectivity index (χ2n) is 7.72. The molecule has 0 bridgehead atoms. The van der Waals surface area contributed by atoms with E-state index in [2.05, 4.69) is 22.9 Å². The molecule has 0 aromatic heterocycles. The van der Waals surface area contributed by atoms with Gasteiger partial charge in [-0.3, -0.25) is 9.59 Å². The van der Waals surface area contributed by atoms with E-state index in [4.69, 9.17) is 0 Å². The summed E-state index contributed by atoms with van der Waals surface area (Å²) >= 11 is 0. The largest absolute Gasteiger partial charge is 0.326 e. The van der Waals surface area contributed by atoms with Crippen molar-refractivity contribution in [1.29, 1.82) is 0 Å². The number of rotatable bonds is 7. The average Bonchev–Trinajstić information content (AvgIpc) is 2.72. The van der Waals surface area contributed by atoms with E-state index in [9.17, 15) is 14.0 Å². The van der Waals surface area contributed by atoms with Crippen molar-refractivity contribution < 1.29 is 14.0 Å². The number of carbonyl (C=O) groups is 2. The minimum atomic E-state index is -0.535. The molecule has 2 aromatic carbocycles.